The highest BCUT2D eigenvalue weighted by atomic mass is 16.5. The van der Waals surface area contributed by atoms with Crippen molar-refractivity contribution in [1.29, 1.82) is 0 Å². The first-order valence-electron chi connectivity index (χ1n) is 6.27. The van der Waals surface area contributed by atoms with Crippen LogP contribution >= 0.6 is 0 Å². The van der Waals surface area contributed by atoms with Crippen molar-refractivity contribution in [3.05, 3.63) is 0 Å². The topological polar surface area (TPSA) is 78.9 Å². The number of aliphatic carboxylic acids is 1. The van der Waals surface area contributed by atoms with Crippen LogP contribution in [0.1, 0.15) is 33.1 Å². The van der Waals surface area contributed by atoms with E-state index in [4.69, 9.17) is 4.74 Å². The molecule has 1 saturated heterocycles. The van der Waals surface area contributed by atoms with Gasteiger partial charge in [0.25, 0.3) is 0 Å². The smallest absolute Gasteiger partial charge is 0.329 e. The molecule has 18 heavy (non-hydrogen) atoms. The average Bonchev–Trinajstić information content (AvgIpc) is 2.81. The Morgan fingerprint density at radius 2 is 2.22 bits per heavy atom. The minimum absolute atomic E-state index is 0.0321. The van der Waals surface area contributed by atoms with Crippen LogP contribution in [0.2, 0.25) is 0 Å². The Balaban J connectivity index is 2.63. The first-order chi connectivity index (χ1) is 8.40. The van der Waals surface area contributed by atoms with Crippen LogP contribution in [0, 0.1) is 0 Å². The van der Waals surface area contributed by atoms with Crippen molar-refractivity contribution in [2.24, 2.45) is 0 Å². The van der Waals surface area contributed by atoms with Crippen LogP contribution < -0.4 is 5.32 Å². The summed E-state index contributed by atoms with van der Waals surface area (Å²) in [6.07, 6.45) is 1.89. The zero-order valence-electron chi connectivity index (χ0n) is 11.2. The largest absolute Gasteiger partial charge is 0.480 e. The molecule has 1 heterocycles. The first kappa shape index (κ1) is 14.8. The molecule has 6 heteroatoms. The molecule has 0 saturated carbocycles. The molecule has 6 nitrogen and oxygen atoms in total. The highest BCUT2D eigenvalue weighted by molar-refractivity contribution is 5.85. The van der Waals surface area contributed by atoms with Crippen LogP contribution in [0.4, 0.5) is 4.79 Å². The minimum Gasteiger partial charge on any atom is -0.480 e. The molecule has 0 aromatic rings. The fraction of sp³-hybridized carbons (Fsp3) is 0.833. The molecule has 1 aliphatic heterocycles. The number of ether oxygens (including phenoxy) is 1. The molecule has 0 spiro atoms. The summed E-state index contributed by atoms with van der Waals surface area (Å²) in [6, 6.07) is -0.325. The van der Waals surface area contributed by atoms with Gasteiger partial charge in [-0.2, -0.15) is 0 Å². The van der Waals surface area contributed by atoms with Crippen molar-refractivity contribution >= 4 is 12.0 Å². The van der Waals surface area contributed by atoms with Gasteiger partial charge in [-0.05, 0) is 19.8 Å². The summed E-state index contributed by atoms with van der Waals surface area (Å²) in [5.74, 6) is -1.01. The summed E-state index contributed by atoms with van der Waals surface area (Å²) in [5.41, 5.74) is -1.21. The van der Waals surface area contributed by atoms with E-state index in [0.29, 0.717) is 26.1 Å². The number of carboxylic acids is 1. The fourth-order valence-electron chi connectivity index (χ4n) is 2.04. The number of amides is 2. The fourth-order valence-corrected chi connectivity index (χ4v) is 2.04. The van der Waals surface area contributed by atoms with Gasteiger partial charge < -0.3 is 20.1 Å². The van der Waals surface area contributed by atoms with Gasteiger partial charge in [0.1, 0.15) is 5.54 Å². The predicted octanol–water partition coefficient (Wildman–Crippen LogP) is 1.06. The lowest BCUT2D eigenvalue weighted by atomic mass is 9.96. The standard InChI is InChI=1S/C12H22N2O4/c1-4-6-12(2,10(15)16)13-11(17)14(3)9-5-7-18-8-9/h9H,4-8H2,1-3H3,(H,13,17)(H,15,16). The van der Waals surface area contributed by atoms with Crippen LogP contribution in [0.15, 0.2) is 0 Å². The molecule has 1 fully saturated rings. The van der Waals surface area contributed by atoms with Crippen molar-refractivity contribution in [1.82, 2.24) is 10.2 Å². The maximum Gasteiger partial charge on any atom is 0.329 e. The van der Waals surface area contributed by atoms with E-state index in [2.05, 4.69) is 5.32 Å². The van der Waals surface area contributed by atoms with E-state index in [1.54, 1.807) is 7.05 Å². The Bertz CT molecular complexity index is 315. The third-order valence-corrected chi connectivity index (χ3v) is 3.38. The van der Waals surface area contributed by atoms with Crippen LogP contribution in [-0.4, -0.2) is 53.8 Å². The number of likely N-dealkylation sites (N-methyl/N-ethyl adjacent to an activating group) is 1. The monoisotopic (exact) mass is 258 g/mol. The van der Waals surface area contributed by atoms with E-state index < -0.39 is 11.5 Å². The summed E-state index contributed by atoms with van der Waals surface area (Å²) < 4.78 is 5.22. The Hall–Kier alpha value is -1.30. The Morgan fingerprint density at radius 3 is 2.67 bits per heavy atom. The quantitative estimate of drug-likeness (QED) is 0.773. The van der Waals surface area contributed by atoms with Crippen LogP contribution in [0.5, 0.6) is 0 Å². The van der Waals surface area contributed by atoms with E-state index in [1.807, 2.05) is 6.92 Å². The van der Waals surface area contributed by atoms with E-state index in [1.165, 1.54) is 11.8 Å². The second-order valence-corrected chi connectivity index (χ2v) is 4.95. The molecule has 0 aromatic carbocycles. The number of urea groups is 1. The van der Waals surface area contributed by atoms with Crippen molar-refractivity contribution in [2.75, 3.05) is 20.3 Å². The van der Waals surface area contributed by atoms with E-state index in [0.717, 1.165) is 6.42 Å². The van der Waals surface area contributed by atoms with E-state index >= 15 is 0 Å². The second kappa shape index (κ2) is 6.04. The van der Waals surface area contributed by atoms with Crippen molar-refractivity contribution in [2.45, 2.75) is 44.7 Å². The average molecular weight is 258 g/mol. The van der Waals surface area contributed by atoms with Gasteiger partial charge in [0.2, 0.25) is 0 Å². The summed E-state index contributed by atoms with van der Waals surface area (Å²) in [4.78, 5) is 24.8. The van der Waals surface area contributed by atoms with Gasteiger partial charge in [0.05, 0.1) is 12.6 Å². The van der Waals surface area contributed by atoms with E-state index in [9.17, 15) is 14.7 Å². The van der Waals surface area contributed by atoms with Gasteiger partial charge >= 0.3 is 12.0 Å². The van der Waals surface area contributed by atoms with Crippen LogP contribution in [0.3, 0.4) is 0 Å². The third-order valence-electron chi connectivity index (χ3n) is 3.38. The van der Waals surface area contributed by atoms with Gasteiger partial charge in [0.15, 0.2) is 0 Å². The van der Waals surface area contributed by atoms with Crippen LogP contribution in [0.25, 0.3) is 0 Å². The lowest BCUT2D eigenvalue weighted by molar-refractivity contribution is -0.144. The summed E-state index contributed by atoms with van der Waals surface area (Å²) in [5, 5.41) is 11.8. The molecule has 0 aliphatic carbocycles. The van der Waals surface area contributed by atoms with Gasteiger partial charge in [-0.1, -0.05) is 13.3 Å². The predicted molar refractivity (Wildman–Crippen MR) is 66.5 cm³/mol. The molecule has 1 aliphatic rings. The zero-order valence-corrected chi connectivity index (χ0v) is 11.2. The van der Waals surface area contributed by atoms with Crippen LogP contribution in [-0.2, 0) is 9.53 Å². The number of rotatable bonds is 5. The number of hydrogen-bond acceptors (Lipinski definition) is 3. The second-order valence-electron chi connectivity index (χ2n) is 4.95. The molecule has 0 radical (unpaired) electrons. The number of carbonyl (C=O) groups is 2. The minimum atomic E-state index is -1.21. The van der Waals surface area contributed by atoms with Gasteiger partial charge in [0, 0.05) is 13.7 Å². The SMILES string of the molecule is CCCC(C)(NC(=O)N(C)C1CCOC1)C(=O)O. The molecule has 2 N–H and O–H groups in total. The number of carbonyl (C=O) groups excluding carboxylic acids is 1. The third kappa shape index (κ3) is 3.35. The van der Waals surface area contributed by atoms with E-state index in [-0.39, 0.29) is 12.1 Å². The highest BCUT2D eigenvalue weighted by Gasteiger charge is 2.36. The van der Waals surface area contributed by atoms with Gasteiger partial charge in [-0.15, -0.1) is 0 Å². The first-order valence-corrected chi connectivity index (χ1v) is 6.27. The van der Waals surface area contributed by atoms with Gasteiger partial charge in [-0.3, -0.25) is 0 Å². The molecule has 0 bridgehead atoms. The Labute approximate surface area is 107 Å². The van der Waals surface area contributed by atoms with Crippen molar-refractivity contribution in [3.63, 3.8) is 0 Å². The normalized spacial score (nSPS) is 22.3. The highest BCUT2D eigenvalue weighted by Crippen LogP contribution is 2.15. The number of nitrogens with zero attached hydrogens (tertiary/aromatic N) is 1. The summed E-state index contributed by atoms with van der Waals surface area (Å²) in [6.45, 7) is 4.59. The Morgan fingerprint density at radius 1 is 1.56 bits per heavy atom. The number of carboxylic acid groups (broad SMARTS) is 1. The van der Waals surface area contributed by atoms with Crippen molar-refractivity contribution < 1.29 is 19.4 Å². The van der Waals surface area contributed by atoms with Crippen molar-refractivity contribution in [3.8, 4) is 0 Å². The molecular formula is C12H22N2O4. The molecular weight excluding hydrogens is 236 g/mol. The van der Waals surface area contributed by atoms with Gasteiger partial charge in [-0.25, -0.2) is 9.59 Å². The maximum atomic E-state index is 12.0. The lowest BCUT2D eigenvalue weighted by Gasteiger charge is -2.31. The number of hydrogen-bond donors (Lipinski definition) is 2. The Kier molecular flexibility index (Phi) is 4.95. The zero-order chi connectivity index (χ0) is 13.8. The molecule has 0 aromatic heterocycles. The lowest BCUT2D eigenvalue weighted by Crippen LogP contribution is -2.57. The molecule has 104 valence electrons. The molecule has 2 amide bonds. The molecule has 2 unspecified atom stereocenters. The molecule has 1 rings (SSSR count). The maximum absolute atomic E-state index is 12.0. The molecule has 2 atom stereocenters. The number of nitrogens with one attached hydrogen (secondary N) is 1. The summed E-state index contributed by atoms with van der Waals surface area (Å²) in [7, 11) is 1.67. The summed E-state index contributed by atoms with van der Waals surface area (Å²) >= 11 is 0.